The lowest BCUT2D eigenvalue weighted by molar-refractivity contribution is 1.00. The molecule has 0 bridgehead atoms. The van der Waals surface area contributed by atoms with E-state index >= 15 is 0 Å². The molecule has 0 atom stereocenters. The van der Waals surface area contributed by atoms with Crippen molar-refractivity contribution in [1.29, 1.82) is 0 Å². The number of hydrogen-bond donors (Lipinski definition) is 1. The number of allylic oxidation sites excluding steroid dienone is 2. The first-order valence-electron chi connectivity index (χ1n) is 2.72. The molecule has 0 amide bonds. The first kappa shape index (κ1) is 7.28. The average molecular weight is 111 g/mol. The van der Waals surface area contributed by atoms with Gasteiger partial charge in [0, 0.05) is 12.7 Å². The fourth-order valence-electron chi connectivity index (χ4n) is 0.371. The van der Waals surface area contributed by atoms with E-state index in [4.69, 9.17) is 0 Å². The Morgan fingerprint density at radius 1 is 1.62 bits per heavy atom. The second kappa shape index (κ2) is 3.30. The highest BCUT2D eigenvalue weighted by Gasteiger charge is 1.86. The molecule has 0 aliphatic rings. The van der Waals surface area contributed by atoms with Gasteiger partial charge in [-0.1, -0.05) is 12.7 Å². The summed E-state index contributed by atoms with van der Waals surface area (Å²) >= 11 is 0. The normalized spacial score (nSPS) is 11.1. The summed E-state index contributed by atoms with van der Waals surface area (Å²) < 4.78 is 0. The van der Waals surface area contributed by atoms with Crippen LogP contribution >= 0.6 is 0 Å². The van der Waals surface area contributed by atoms with Gasteiger partial charge in [-0.3, -0.25) is 0 Å². The molecule has 1 nitrogen and oxygen atoms in total. The van der Waals surface area contributed by atoms with Crippen molar-refractivity contribution < 1.29 is 0 Å². The van der Waals surface area contributed by atoms with Gasteiger partial charge in [0.25, 0.3) is 0 Å². The molecule has 46 valence electrons. The topological polar surface area (TPSA) is 12.0 Å². The van der Waals surface area contributed by atoms with E-state index in [9.17, 15) is 0 Å². The van der Waals surface area contributed by atoms with Crippen molar-refractivity contribution in [3.8, 4) is 0 Å². The van der Waals surface area contributed by atoms with Gasteiger partial charge in [-0.2, -0.15) is 0 Å². The molecule has 0 aromatic rings. The van der Waals surface area contributed by atoms with Gasteiger partial charge < -0.3 is 5.32 Å². The van der Waals surface area contributed by atoms with Crippen LogP contribution < -0.4 is 5.32 Å². The molecule has 8 heavy (non-hydrogen) atoms. The highest BCUT2D eigenvalue weighted by atomic mass is 14.8. The van der Waals surface area contributed by atoms with E-state index < -0.39 is 0 Å². The van der Waals surface area contributed by atoms with Crippen molar-refractivity contribution in [2.75, 3.05) is 7.05 Å². The molecule has 0 radical (unpaired) electrons. The highest BCUT2D eigenvalue weighted by molar-refractivity contribution is 5.22. The molecule has 1 N–H and O–H groups in total. The number of rotatable bonds is 2. The largest absolute Gasteiger partial charge is 0.388 e. The zero-order valence-electron chi connectivity index (χ0n) is 5.78. The Balaban J connectivity index is 3.83. The summed E-state index contributed by atoms with van der Waals surface area (Å²) in [7, 11) is 1.87. The molecule has 0 heterocycles. The van der Waals surface area contributed by atoms with Crippen molar-refractivity contribution in [1.82, 2.24) is 5.32 Å². The molecular weight excluding hydrogens is 98.1 g/mol. The number of hydrogen-bond acceptors (Lipinski definition) is 1. The van der Waals surface area contributed by atoms with Gasteiger partial charge >= 0.3 is 0 Å². The van der Waals surface area contributed by atoms with E-state index in [1.54, 1.807) is 0 Å². The minimum atomic E-state index is 0.993. The van der Waals surface area contributed by atoms with E-state index in [1.807, 2.05) is 27.0 Å². The van der Waals surface area contributed by atoms with E-state index in [-0.39, 0.29) is 0 Å². The van der Waals surface area contributed by atoms with Gasteiger partial charge in [0.1, 0.15) is 0 Å². The third-order valence-electron chi connectivity index (χ3n) is 1.21. The fourth-order valence-corrected chi connectivity index (χ4v) is 0.371. The zero-order chi connectivity index (χ0) is 6.57. The first-order chi connectivity index (χ1) is 3.72. The molecule has 0 fully saturated rings. The van der Waals surface area contributed by atoms with Crippen LogP contribution in [0.2, 0.25) is 0 Å². The van der Waals surface area contributed by atoms with Crippen LogP contribution in [0.15, 0.2) is 23.9 Å². The quantitative estimate of drug-likeness (QED) is 0.535. The van der Waals surface area contributed by atoms with Crippen LogP contribution in [0.4, 0.5) is 0 Å². The van der Waals surface area contributed by atoms with Gasteiger partial charge in [0.05, 0.1) is 0 Å². The molecule has 0 unspecified atom stereocenters. The standard InChI is InChI=1S/C7H13N/c1-5-6(2)7(3)8-4/h5,8H,3H2,1-2,4H3/b6-5+. The second-order valence-corrected chi connectivity index (χ2v) is 1.70. The second-order valence-electron chi connectivity index (χ2n) is 1.70. The molecule has 0 aromatic carbocycles. The van der Waals surface area contributed by atoms with Crippen LogP contribution in [0.5, 0.6) is 0 Å². The van der Waals surface area contributed by atoms with Gasteiger partial charge in [0.2, 0.25) is 0 Å². The fraction of sp³-hybridized carbons (Fsp3) is 0.429. The van der Waals surface area contributed by atoms with Crippen LogP contribution in [-0.4, -0.2) is 7.05 Å². The maximum Gasteiger partial charge on any atom is 0.0290 e. The Hall–Kier alpha value is -0.720. The lowest BCUT2D eigenvalue weighted by Gasteiger charge is -2.01. The summed E-state index contributed by atoms with van der Waals surface area (Å²) in [5.41, 5.74) is 2.19. The van der Waals surface area contributed by atoms with Gasteiger partial charge in [-0.15, -0.1) is 0 Å². The Labute approximate surface area is 51.1 Å². The predicted octanol–water partition coefficient (Wildman–Crippen LogP) is 1.69. The third-order valence-corrected chi connectivity index (χ3v) is 1.21. The van der Waals surface area contributed by atoms with Gasteiger partial charge in [-0.25, -0.2) is 0 Å². The summed E-state index contributed by atoms with van der Waals surface area (Å²) in [6.45, 7) is 7.79. The van der Waals surface area contributed by atoms with Crippen molar-refractivity contribution in [3.05, 3.63) is 23.9 Å². The highest BCUT2D eigenvalue weighted by Crippen LogP contribution is 1.99. The smallest absolute Gasteiger partial charge is 0.0290 e. The Morgan fingerprint density at radius 3 is 2.25 bits per heavy atom. The van der Waals surface area contributed by atoms with Crippen molar-refractivity contribution in [3.63, 3.8) is 0 Å². The molecule has 0 aromatic heterocycles. The molecule has 0 saturated heterocycles. The molecule has 0 aliphatic heterocycles. The summed E-state index contributed by atoms with van der Waals surface area (Å²) in [5.74, 6) is 0. The van der Waals surface area contributed by atoms with Gasteiger partial charge in [0.15, 0.2) is 0 Å². The van der Waals surface area contributed by atoms with Crippen molar-refractivity contribution in [2.24, 2.45) is 0 Å². The molecule has 0 saturated carbocycles. The molecule has 1 heteroatoms. The summed E-state index contributed by atoms with van der Waals surface area (Å²) in [4.78, 5) is 0. The minimum Gasteiger partial charge on any atom is -0.388 e. The van der Waals surface area contributed by atoms with Crippen LogP contribution in [0, 0.1) is 0 Å². The average Bonchev–Trinajstić information content (AvgIpc) is 1.84. The van der Waals surface area contributed by atoms with E-state index in [2.05, 4.69) is 11.9 Å². The zero-order valence-corrected chi connectivity index (χ0v) is 5.78. The number of likely N-dealkylation sites (N-methyl/N-ethyl adjacent to an activating group) is 1. The Morgan fingerprint density at radius 2 is 2.12 bits per heavy atom. The van der Waals surface area contributed by atoms with Gasteiger partial charge in [-0.05, 0) is 19.4 Å². The Kier molecular flexibility index (Phi) is 3.01. The third kappa shape index (κ3) is 1.82. The van der Waals surface area contributed by atoms with E-state index in [0.717, 1.165) is 5.70 Å². The predicted molar refractivity (Wildman–Crippen MR) is 37.6 cm³/mol. The van der Waals surface area contributed by atoms with Crippen LogP contribution in [0.25, 0.3) is 0 Å². The first-order valence-corrected chi connectivity index (χ1v) is 2.72. The van der Waals surface area contributed by atoms with Crippen LogP contribution in [-0.2, 0) is 0 Å². The maximum absolute atomic E-state index is 3.76. The van der Waals surface area contributed by atoms with Crippen LogP contribution in [0.3, 0.4) is 0 Å². The molecular formula is C7H13N. The minimum absolute atomic E-state index is 0.993. The summed E-state index contributed by atoms with van der Waals surface area (Å²) in [5, 5.41) is 2.95. The molecule has 0 rings (SSSR count). The lowest BCUT2D eigenvalue weighted by Crippen LogP contribution is -2.04. The lowest BCUT2D eigenvalue weighted by atomic mass is 10.2. The monoisotopic (exact) mass is 111 g/mol. The van der Waals surface area contributed by atoms with Crippen molar-refractivity contribution in [2.45, 2.75) is 13.8 Å². The van der Waals surface area contributed by atoms with Crippen molar-refractivity contribution >= 4 is 0 Å². The summed E-state index contributed by atoms with van der Waals surface area (Å²) in [6, 6.07) is 0. The molecule has 0 spiro atoms. The Bertz CT molecular complexity index is 112. The maximum atomic E-state index is 3.76. The van der Waals surface area contributed by atoms with E-state index in [0.29, 0.717) is 0 Å². The van der Waals surface area contributed by atoms with Crippen LogP contribution in [0.1, 0.15) is 13.8 Å². The number of nitrogens with one attached hydrogen (secondary N) is 1. The molecule has 0 aliphatic carbocycles. The van der Waals surface area contributed by atoms with E-state index in [1.165, 1.54) is 5.57 Å². The SMILES string of the molecule is C=C(NC)/C(C)=C/C. The summed E-state index contributed by atoms with van der Waals surface area (Å²) in [6.07, 6.45) is 2.03.